The number of halogens is 1. The topological polar surface area (TPSA) is 73.5 Å². The van der Waals surface area contributed by atoms with Crippen LogP contribution in [0.15, 0.2) is 48.5 Å². The third-order valence-electron chi connectivity index (χ3n) is 4.66. The second kappa shape index (κ2) is 8.16. The summed E-state index contributed by atoms with van der Waals surface area (Å²) in [6.07, 6.45) is 1.15. The summed E-state index contributed by atoms with van der Waals surface area (Å²) in [5.41, 5.74) is 4.37. The first kappa shape index (κ1) is 20.1. The van der Waals surface area contributed by atoms with E-state index in [-0.39, 0.29) is 11.0 Å². The molecule has 8 heteroatoms. The minimum absolute atomic E-state index is 0.121. The Kier molecular flexibility index (Phi) is 5.86. The maximum Gasteiger partial charge on any atom is 0.344 e. The highest BCUT2D eigenvalue weighted by Crippen LogP contribution is 2.23. The summed E-state index contributed by atoms with van der Waals surface area (Å²) in [6.45, 7) is 3.61. The Morgan fingerprint density at radius 3 is 2.61 bits per heavy atom. The van der Waals surface area contributed by atoms with E-state index in [0.717, 1.165) is 16.1 Å². The molecule has 0 bridgehead atoms. The largest absolute Gasteiger partial charge is 0.344 e. The molecule has 1 aliphatic heterocycles. The number of aryl methyl sites for hydroxylation is 2. The summed E-state index contributed by atoms with van der Waals surface area (Å²) < 4.78 is 0. The Hall–Kier alpha value is -2.64. The molecule has 28 heavy (non-hydrogen) atoms. The lowest BCUT2D eigenvalue weighted by molar-refractivity contribution is -0.132. The van der Waals surface area contributed by atoms with Gasteiger partial charge in [0.15, 0.2) is 5.11 Å². The van der Waals surface area contributed by atoms with E-state index < -0.39 is 11.6 Å². The fourth-order valence-corrected chi connectivity index (χ4v) is 3.32. The van der Waals surface area contributed by atoms with Crippen molar-refractivity contribution in [2.24, 2.45) is 0 Å². The lowest BCUT2D eigenvalue weighted by Crippen LogP contribution is -2.50. The van der Waals surface area contributed by atoms with Crippen LogP contribution < -0.4 is 16.1 Å². The minimum atomic E-state index is -0.997. The molecule has 0 unspecified atom stereocenters. The third kappa shape index (κ3) is 4.43. The van der Waals surface area contributed by atoms with Gasteiger partial charge >= 0.3 is 6.03 Å². The summed E-state index contributed by atoms with van der Waals surface area (Å²) in [5, 5.41) is 7.31. The number of thiocarbonyl (C=S) groups is 1. The molecule has 146 valence electrons. The van der Waals surface area contributed by atoms with Crippen molar-refractivity contribution in [1.82, 2.24) is 15.8 Å². The number of anilines is 1. The Bertz CT molecular complexity index is 922. The number of hydrogen-bond acceptors (Lipinski definition) is 3. The minimum Gasteiger partial charge on any atom is -0.331 e. The average Bonchev–Trinajstić information content (AvgIpc) is 2.87. The molecule has 0 saturated carbocycles. The highest BCUT2D eigenvalue weighted by Gasteiger charge is 2.48. The standard InChI is InChI=1S/C20H21ClN4O2S/c1-13-8-9-15(12-16(13)21)22-18(28)24-25-17(26)20(2,23-19(25)27)11-10-14-6-4-3-5-7-14/h3-9,12H,10-11H2,1-2H3,(H,23,27)(H2,22,24,28)/t20-/m0/s1. The van der Waals surface area contributed by atoms with Crippen molar-refractivity contribution in [2.75, 3.05) is 5.32 Å². The van der Waals surface area contributed by atoms with Gasteiger partial charge in [-0.25, -0.2) is 4.79 Å². The average molecular weight is 417 g/mol. The van der Waals surface area contributed by atoms with Crippen molar-refractivity contribution in [1.29, 1.82) is 0 Å². The van der Waals surface area contributed by atoms with Crippen molar-refractivity contribution < 1.29 is 9.59 Å². The van der Waals surface area contributed by atoms with Crippen molar-refractivity contribution in [3.05, 3.63) is 64.7 Å². The normalized spacial score (nSPS) is 18.8. The molecule has 3 N–H and O–H groups in total. The van der Waals surface area contributed by atoms with E-state index in [1.54, 1.807) is 13.0 Å². The quantitative estimate of drug-likeness (QED) is 0.510. The maximum absolute atomic E-state index is 12.8. The number of rotatable bonds is 5. The molecule has 1 fully saturated rings. The van der Waals surface area contributed by atoms with E-state index in [0.29, 0.717) is 23.6 Å². The highest BCUT2D eigenvalue weighted by atomic mass is 35.5. The fourth-order valence-electron chi connectivity index (χ4n) is 2.93. The van der Waals surface area contributed by atoms with Crippen molar-refractivity contribution in [3.63, 3.8) is 0 Å². The molecule has 2 aromatic carbocycles. The fraction of sp³-hybridized carbons (Fsp3) is 0.250. The number of nitrogens with one attached hydrogen (secondary N) is 3. The van der Waals surface area contributed by atoms with Crippen molar-refractivity contribution in [3.8, 4) is 0 Å². The highest BCUT2D eigenvalue weighted by molar-refractivity contribution is 7.80. The van der Waals surface area contributed by atoms with E-state index in [2.05, 4.69) is 16.1 Å². The smallest absolute Gasteiger partial charge is 0.331 e. The van der Waals surface area contributed by atoms with Crippen molar-refractivity contribution in [2.45, 2.75) is 32.2 Å². The van der Waals surface area contributed by atoms with Gasteiger partial charge in [0, 0.05) is 10.7 Å². The Balaban J connectivity index is 1.62. The van der Waals surface area contributed by atoms with Crippen LogP contribution in [-0.4, -0.2) is 27.6 Å². The second-order valence-electron chi connectivity index (χ2n) is 6.92. The Morgan fingerprint density at radius 1 is 1.21 bits per heavy atom. The first-order valence-corrected chi connectivity index (χ1v) is 9.61. The first-order chi connectivity index (χ1) is 13.3. The van der Waals surface area contributed by atoms with Crippen LogP contribution in [-0.2, 0) is 11.2 Å². The summed E-state index contributed by atoms with van der Waals surface area (Å²) >= 11 is 11.3. The van der Waals surface area contributed by atoms with Crippen LogP contribution in [0.2, 0.25) is 5.02 Å². The number of carbonyl (C=O) groups is 2. The number of nitrogens with zero attached hydrogens (tertiary/aromatic N) is 1. The maximum atomic E-state index is 12.8. The summed E-state index contributed by atoms with van der Waals surface area (Å²) in [4.78, 5) is 25.1. The molecular formula is C20H21ClN4O2S. The summed E-state index contributed by atoms with van der Waals surface area (Å²) in [6, 6.07) is 14.7. The molecule has 6 nitrogen and oxygen atoms in total. The van der Waals surface area contributed by atoms with Crippen LogP contribution in [0.5, 0.6) is 0 Å². The molecular weight excluding hydrogens is 396 g/mol. The zero-order valence-electron chi connectivity index (χ0n) is 15.6. The van der Waals surface area contributed by atoms with Gasteiger partial charge in [0.05, 0.1) is 0 Å². The molecule has 1 aliphatic rings. The zero-order valence-corrected chi connectivity index (χ0v) is 17.2. The van der Waals surface area contributed by atoms with Gasteiger partial charge in [0.2, 0.25) is 0 Å². The van der Waals surface area contributed by atoms with E-state index in [4.69, 9.17) is 23.8 Å². The van der Waals surface area contributed by atoms with E-state index >= 15 is 0 Å². The number of hydrazine groups is 1. The van der Waals surface area contributed by atoms with Gasteiger partial charge in [0.1, 0.15) is 5.54 Å². The lowest BCUT2D eigenvalue weighted by Gasteiger charge is -2.22. The van der Waals surface area contributed by atoms with Gasteiger partial charge in [-0.2, -0.15) is 5.01 Å². The number of carbonyl (C=O) groups excluding carboxylic acids is 2. The predicted octanol–water partition coefficient (Wildman–Crippen LogP) is 3.79. The Morgan fingerprint density at radius 2 is 1.93 bits per heavy atom. The zero-order chi connectivity index (χ0) is 20.3. The van der Waals surface area contributed by atoms with E-state index in [9.17, 15) is 9.59 Å². The van der Waals surface area contributed by atoms with Gasteiger partial charge in [0.25, 0.3) is 5.91 Å². The van der Waals surface area contributed by atoms with Crippen LogP contribution in [0.25, 0.3) is 0 Å². The molecule has 3 amide bonds. The lowest BCUT2D eigenvalue weighted by atomic mass is 9.93. The van der Waals surface area contributed by atoms with Gasteiger partial charge in [-0.1, -0.05) is 48.0 Å². The van der Waals surface area contributed by atoms with Gasteiger partial charge in [-0.15, -0.1) is 0 Å². The van der Waals surface area contributed by atoms with Crippen LogP contribution in [0.3, 0.4) is 0 Å². The van der Waals surface area contributed by atoms with E-state index in [1.807, 2.05) is 49.4 Å². The molecule has 0 aliphatic carbocycles. The number of urea groups is 1. The molecule has 0 spiro atoms. The monoisotopic (exact) mass is 416 g/mol. The predicted molar refractivity (Wildman–Crippen MR) is 114 cm³/mol. The number of hydrogen-bond donors (Lipinski definition) is 3. The number of imide groups is 1. The summed E-state index contributed by atoms with van der Waals surface area (Å²) in [7, 11) is 0. The molecule has 1 heterocycles. The number of benzene rings is 2. The third-order valence-corrected chi connectivity index (χ3v) is 5.26. The van der Waals surface area contributed by atoms with Gasteiger partial charge in [-0.3, -0.25) is 10.2 Å². The van der Waals surface area contributed by atoms with E-state index in [1.165, 1.54) is 0 Å². The molecule has 0 radical (unpaired) electrons. The molecule has 3 rings (SSSR count). The molecule has 1 atom stereocenters. The number of amides is 3. The molecule has 2 aromatic rings. The summed E-state index contributed by atoms with van der Waals surface area (Å²) in [5.74, 6) is -0.375. The molecule has 1 saturated heterocycles. The van der Waals surface area contributed by atoms with Gasteiger partial charge < -0.3 is 10.6 Å². The van der Waals surface area contributed by atoms with Gasteiger partial charge in [-0.05, 0) is 62.2 Å². The van der Waals surface area contributed by atoms with Crippen LogP contribution in [0, 0.1) is 6.92 Å². The SMILES string of the molecule is Cc1ccc(NC(=S)NN2C(=O)N[C@@](C)(CCc3ccccc3)C2=O)cc1Cl. The van der Waals surface area contributed by atoms with Crippen LogP contribution in [0.1, 0.15) is 24.5 Å². The van der Waals surface area contributed by atoms with Crippen molar-refractivity contribution >= 4 is 46.6 Å². The van der Waals surface area contributed by atoms with Crippen LogP contribution in [0.4, 0.5) is 10.5 Å². The second-order valence-corrected chi connectivity index (χ2v) is 7.73. The first-order valence-electron chi connectivity index (χ1n) is 8.83. The van der Waals surface area contributed by atoms with Crippen LogP contribution >= 0.6 is 23.8 Å². The Labute approximate surface area is 174 Å². The molecule has 0 aromatic heterocycles.